The molecule has 0 spiro atoms. The number of amides is 1. The summed E-state index contributed by atoms with van der Waals surface area (Å²) in [5.41, 5.74) is 6.24. The van der Waals surface area contributed by atoms with Crippen LogP contribution in [0.4, 0.5) is 0 Å². The molecule has 1 aliphatic heterocycles. The molecule has 1 unspecified atom stereocenters. The minimum Gasteiger partial charge on any atom is -0.480 e. The summed E-state index contributed by atoms with van der Waals surface area (Å²) in [7, 11) is 0. The molecule has 0 aliphatic carbocycles. The van der Waals surface area contributed by atoms with Gasteiger partial charge in [0.05, 0.1) is 6.42 Å². The number of benzene rings is 1. The SMILES string of the molecule is N[C@@H](Cc1ccc(OC2CC(=O)N2N)cc1)C(=O)O. The van der Waals surface area contributed by atoms with Crippen molar-refractivity contribution >= 4 is 11.9 Å². The molecule has 1 aliphatic rings. The summed E-state index contributed by atoms with van der Waals surface area (Å²) in [5.74, 6) is 4.80. The van der Waals surface area contributed by atoms with Gasteiger partial charge in [-0.15, -0.1) is 0 Å². The first-order chi connectivity index (χ1) is 8.97. The predicted octanol–water partition coefficient (Wildman–Crippen LogP) is -0.548. The topological polar surface area (TPSA) is 119 Å². The van der Waals surface area contributed by atoms with E-state index in [0.29, 0.717) is 5.75 Å². The molecular weight excluding hydrogens is 250 g/mol. The number of hydrogen-bond acceptors (Lipinski definition) is 5. The van der Waals surface area contributed by atoms with Gasteiger partial charge in [0.1, 0.15) is 11.8 Å². The summed E-state index contributed by atoms with van der Waals surface area (Å²) in [4.78, 5) is 21.5. The maximum atomic E-state index is 10.9. The van der Waals surface area contributed by atoms with E-state index >= 15 is 0 Å². The Bertz CT molecular complexity index is 488. The molecule has 0 saturated carbocycles. The Morgan fingerprint density at radius 2 is 2.11 bits per heavy atom. The molecule has 7 nitrogen and oxygen atoms in total. The van der Waals surface area contributed by atoms with E-state index in [0.717, 1.165) is 10.6 Å². The van der Waals surface area contributed by atoms with Crippen LogP contribution in [-0.4, -0.2) is 34.3 Å². The van der Waals surface area contributed by atoms with Gasteiger partial charge >= 0.3 is 5.97 Å². The highest BCUT2D eigenvalue weighted by Crippen LogP contribution is 2.21. The number of nitrogens with zero attached hydrogens (tertiary/aromatic N) is 1. The molecule has 5 N–H and O–H groups in total. The minimum absolute atomic E-state index is 0.158. The van der Waals surface area contributed by atoms with Crippen molar-refractivity contribution in [1.29, 1.82) is 0 Å². The fraction of sp³-hybridized carbons (Fsp3) is 0.333. The minimum atomic E-state index is -1.04. The molecule has 1 saturated heterocycles. The van der Waals surface area contributed by atoms with Crippen LogP contribution in [0.5, 0.6) is 5.75 Å². The number of nitrogens with two attached hydrogens (primary N) is 2. The molecule has 7 heteroatoms. The van der Waals surface area contributed by atoms with E-state index in [2.05, 4.69) is 0 Å². The van der Waals surface area contributed by atoms with Crippen LogP contribution < -0.4 is 16.3 Å². The summed E-state index contributed by atoms with van der Waals surface area (Å²) < 4.78 is 5.47. The molecule has 1 aromatic rings. The van der Waals surface area contributed by atoms with Crippen molar-refractivity contribution < 1.29 is 19.4 Å². The Morgan fingerprint density at radius 3 is 2.58 bits per heavy atom. The molecule has 0 aromatic heterocycles. The maximum Gasteiger partial charge on any atom is 0.320 e. The van der Waals surface area contributed by atoms with Crippen molar-refractivity contribution in [3.05, 3.63) is 29.8 Å². The lowest BCUT2D eigenvalue weighted by Crippen LogP contribution is -2.59. The summed E-state index contributed by atoms with van der Waals surface area (Å²) in [5, 5.41) is 9.75. The number of rotatable bonds is 5. The van der Waals surface area contributed by atoms with E-state index in [1.54, 1.807) is 24.3 Å². The molecular formula is C12H15N3O4. The first-order valence-corrected chi connectivity index (χ1v) is 5.78. The molecule has 1 amide bonds. The molecule has 2 atom stereocenters. The summed E-state index contributed by atoms with van der Waals surface area (Å²) >= 11 is 0. The standard InChI is InChI=1S/C12H15N3O4/c13-9(12(17)18)5-7-1-3-8(4-2-7)19-11-6-10(16)15(11)14/h1-4,9,11H,5-6,13-14H2,(H,17,18)/t9-,11?/m0/s1. The molecule has 0 bridgehead atoms. The van der Waals surface area contributed by atoms with Crippen molar-refractivity contribution in [1.82, 2.24) is 5.01 Å². The Kier molecular flexibility index (Phi) is 3.68. The second-order valence-corrected chi connectivity index (χ2v) is 4.37. The molecule has 1 fully saturated rings. The molecule has 102 valence electrons. The number of β-lactam (4-membered cyclic amide) rings is 1. The largest absolute Gasteiger partial charge is 0.480 e. The highest BCUT2D eigenvalue weighted by atomic mass is 16.5. The quantitative estimate of drug-likeness (QED) is 0.373. The fourth-order valence-electron chi connectivity index (χ4n) is 1.70. The van der Waals surface area contributed by atoms with Gasteiger partial charge in [-0.25, -0.2) is 10.9 Å². The number of carboxylic acid groups (broad SMARTS) is 1. The monoisotopic (exact) mass is 265 g/mol. The zero-order valence-corrected chi connectivity index (χ0v) is 10.2. The third kappa shape index (κ3) is 3.01. The number of ether oxygens (including phenoxy) is 1. The number of hydrazine groups is 1. The van der Waals surface area contributed by atoms with Gasteiger partial charge in [-0.05, 0) is 24.1 Å². The van der Waals surface area contributed by atoms with Crippen molar-refractivity contribution in [3.8, 4) is 5.75 Å². The Hall–Kier alpha value is -2.12. The van der Waals surface area contributed by atoms with Crippen LogP contribution in [0.15, 0.2) is 24.3 Å². The molecule has 0 radical (unpaired) electrons. The maximum absolute atomic E-state index is 10.9. The highest BCUT2D eigenvalue weighted by molar-refractivity contribution is 5.81. The van der Waals surface area contributed by atoms with E-state index in [1.165, 1.54) is 0 Å². The van der Waals surface area contributed by atoms with Gasteiger partial charge in [0.15, 0.2) is 6.23 Å². The third-order valence-corrected chi connectivity index (χ3v) is 2.92. The van der Waals surface area contributed by atoms with Gasteiger partial charge in [0, 0.05) is 0 Å². The Labute approximate surface area is 109 Å². The second-order valence-electron chi connectivity index (χ2n) is 4.37. The molecule has 19 heavy (non-hydrogen) atoms. The van der Waals surface area contributed by atoms with E-state index in [-0.39, 0.29) is 18.7 Å². The van der Waals surface area contributed by atoms with Crippen molar-refractivity contribution in [2.75, 3.05) is 0 Å². The fourth-order valence-corrected chi connectivity index (χ4v) is 1.70. The van der Waals surface area contributed by atoms with Gasteiger partial charge in [0.2, 0.25) is 5.91 Å². The molecule has 1 heterocycles. The lowest BCUT2D eigenvalue weighted by Gasteiger charge is -2.35. The molecule has 2 rings (SSSR count). The Morgan fingerprint density at radius 1 is 1.47 bits per heavy atom. The lowest BCUT2D eigenvalue weighted by molar-refractivity contribution is -0.161. The van der Waals surface area contributed by atoms with Gasteiger partial charge < -0.3 is 15.6 Å². The first kappa shape index (κ1) is 13.3. The number of carbonyl (C=O) groups excluding carboxylic acids is 1. The first-order valence-electron chi connectivity index (χ1n) is 5.78. The zero-order chi connectivity index (χ0) is 14.0. The van der Waals surface area contributed by atoms with Crippen molar-refractivity contribution in [2.45, 2.75) is 25.1 Å². The van der Waals surface area contributed by atoms with Crippen LogP contribution in [0.1, 0.15) is 12.0 Å². The number of carbonyl (C=O) groups is 2. The second kappa shape index (κ2) is 5.25. The van der Waals surface area contributed by atoms with E-state index < -0.39 is 18.2 Å². The predicted molar refractivity (Wildman–Crippen MR) is 65.8 cm³/mol. The van der Waals surface area contributed by atoms with Crippen LogP contribution in [0.2, 0.25) is 0 Å². The van der Waals surface area contributed by atoms with Crippen LogP contribution in [0.3, 0.4) is 0 Å². The number of hydrogen-bond donors (Lipinski definition) is 3. The zero-order valence-electron chi connectivity index (χ0n) is 10.2. The van der Waals surface area contributed by atoms with Gasteiger partial charge in [-0.3, -0.25) is 9.59 Å². The smallest absolute Gasteiger partial charge is 0.320 e. The average molecular weight is 265 g/mol. The summed E-state index contributed by atoms with van der Waals surface area (Å²) in [6.07, 6.45) is 0.0856. The third-order valence-electron chi connectivity index (χ3n) is 2.92. The van der Waals surface area contributed by atoms with Crippen LogP contribution in [0, 0.1) is 0 Å². The average Bonchev–Trinajstić information content (AvgIpc) is 2.40. The summed E-state index contributed by atoms with van der Waals surface area (Å²) in [6, 6.07) is 5.94. The van der Waals surface area contributed by atoms with Gasteiger partial charge in [-0.2, -0.15) is 0 Å². The van der Waals surface area contributed by atoms with Gasteiger partial charge in [-0.1, -0.05) is 12.1 Å². The molecule has 1 aromatic carbocycles. The van der Waals surface area contributed by atoms with Crippen LogP contribution in [0.25, 0.3) is 0 Å². The van der Waals surface area contributed by atoms with Crippen molar-refractivity contribution in [2.24, 2.45) is 11.6 Å². The highest BCUT2D eigenvalue weighted by Gasteiger charge is 2.35. The number of aliphatic carboxylic acids is 1. The Balaban J connectivity index is 1.91. The lowest BCUT2D eigenvalue weighted by atomic mass is 10.1. The number of carboxylic acids is 1. The van der Waals surface area contributed by atoms with E-state index in [4.69, 9.17) is 21.4 Å². The van der Waals surface area contributed by atoms with Gasteiger partial charge in [0.25, 0.3) is 0 Å². The van der Waals surface area contributed by atoms with E-state index in [1.807, 2.05) is 0 Å². The van der Waals surface area contributed by atoms with Crippen molar-refractivity contribution in [3.63, 3.8) is 0 Å². The van der Waals surface area contributed by atoms with Crippen LogP contribution in [-0.2, 0) is 16.0 Å². The summed E-state index contributed by atoms with van der Waals surface area (Å²) in [6.45, 7) is 0. The van der Waals surface area contributed by atoms with Crippen LogP contribution >= 0.6 is 0 Å². The van der Waals surface area contributed by atoms with E-state index in [9.17, 15) is 9.59 Å². The normalized spacial score (nSPS) is 19.8.